The zero-order valence-electron chi connectivity index (χ0n) is 18.9. The first-order valence-electron chi connectivity index (χ1n) is 11.7. The van der Waals surface area contributed by atoms with E-state index >= 15 is 0 Å². The van der Waals surface area contributed by atoms with Crippen molar-refractivity contribution >= 4 is 49.9 Å². The number of nitrogens with zero attached hydrogens (tertiary/aromatic N) is 4. The minimum atomic E-state index is 0.0301. The van der Waals surface area contributed by atoms with Gasteiger partial charge < -0.3 is 19.4 Å². The van der Waals surface area contributed by atoms with Gasteiger partial charge in [-0.3, -0.25) is 4.79 Å². The van der Waals surface area contributed by atoms with E-state index in [4.69, 9.17) is 21.3 Å². The smallest absolute Gasteiger partial charge is 0.227 e. The minimum Gasteiger partial charge on any atom is -0.494 e. The van der Waals surface area contributed by atoms with Crippen LogP contribution < -0.4 is 14.5 Å². The molecule has 5 rings (SSSR count). The second-order valence-corrected chi connectivity index (χ2v) is 10.1. The first-order valence-corrected chi connectivity index (χ1v) is 12.9. The first kappa shape index (κ1) is 22.3. The molecule has 0 radical (unpaired) electrons. The van der Waals surface area contributed by atoms with Gasteiger partial charge in [0.25, 0.3) is 0 Å². The molecule has 1 aromatic heterocycles. The van der Waals surface area contributed by atoms with Gasteiger partial charge in [-0.1, -0.05) is 29.0 Å². The number of halogens is 1. The Labute approximate surface area is 203 Å². The summed E-state index contributed by atoms with van der Waals surface area (Å²) in [6, 6.07) is 14.0. The van der Waals surface area contributed by atoms with Crippen molar-refractivity contribution in [2.45, 2.75) is 19.8 Å². The summed E-state index contributed by atoms with van der Waals surface area (Å²) >= 11 is 7.83. The van der Waals surface area contributed by atoms with Crippen molar-refractivity contribution in [3.8, 4) is 5.75 Å². The third-order valence-electron chi connectivity index (χ3n) is 6.47. The zero-order chi connectivity index (χ0) is 22.8. The molecular formula is C25H29ClN4O2S. The van der Waals surface area contributed by atoms with Crippen LogP contribution in [0, 0.1) is 5.92 Å². The predicted molar refractivity (Wildman–Crippen MR) is 136 cm³/mol. The lowest BCUT2D eigenvalue weighted by Crippen LogP contribution is -2.52. The van der Waals surface area contributed by atoms with Gasteiger partial charge in [0, 0.05) is 50.0 Å². The molecule has 0 unspecified atom stereocenters. The number of aromatic nitrogens is 1. The highest BCUT2D eigenvalue weighted by atomic mass is 35.5. The SMILES string of the molecule is CCOc1ccc2nc(N3CCC[C@@H](C(=O)N4CCN(c5cccc(Cl)c5)CC4)C3)sc2c1. The zero-order valence-corrected chi connectivity index (χ0v) is 20.4. The molecule has 3 aromatic rings. The molecule has 174 valence electrons. The monoisotopic (exact) mass is 484 g/mol. The summed E-state index contributed by atoms with van der Waals surface area (Å²) in [6.45, 7) is 7.51. The fourth-order valence-electron chi connectivity index (χ4n) is 4.75. The molecule has 6 nitrogen and oxygen atoms in total. The molecule has 2 aromatic carbocycles. The standard InChI is InChI=1S/C25H29ClN4O2S/c1-2-32-21-8-9-22-23(16-21)33-25(27-22)30-10-4-5-18(17-30)24(31)29-13-11-28(12-14-29)20-7-3-6-19(26)15-20/h3,6-9,15-16,18H,2,4-5,10-14,17H2,1H3/t18-/m1/s1. The molecule has 2 aliphatic rings. The number of hydrogen-bond acceptors (Lipinski definition) is 6. The third-order valence-corrected chi connectivity index (χ3v) is 7.78. The van der Waals surface area contributed by atoms with Crippen LogP contribution in [0.15, 0.2) is 42.5 Å². The Morgan fingerprint density at radius 3 is 2.76 bits per heavy atom. The Morgan fingerprint density at radius 1 is 1.12 bits per heavy atom. The van der Waals surface area contributed by atoms with Gasteiger partial charge in [0.2, 0.25) is 5.91 Å². The fourth-order valence-corrected chi connectivity index (χ4v) is 5.97. The number of hydrogen-bond donors (Lipinski definition) is 0. The van der Waals surface area contributed by atoms with Crippen LogP contribution in [0.5, 0.6) is 5.75 Å². The Bertz CT molecular complexity index is 1130. The van der Waals surface area contributed by atoms with E-state index in [2.05, 4.69) is 21.9 Å². The maximum absolute atomic E-state index is 13.3. The number of piperazine rings is 1. The van der Waals surface area contributed by atoms with E-state index in [1.165, 1.54) is 0 Å². The molecule has 0 spiro atoms. The molecule has 0 N–H and O–H groups in total. The molecule has 1 amide bonds. The van der Waals surface area contributed by atoms with Crippen molar-refractivity contribution in [3.63, 3.8) is 0 Å². The van der Waals surface area contributed by atoms with Crippen LogP contribution in [0.3, 0.4) is 0 Å². The number of piperidine rings is 1. The molecule has 8 heteroatoms. The van der Waals surface area contributed by atoms with Gasteiger partial charge in [0.15, 0.2) is 5.13 Å². The highest BCUT2D eigenvalue weighted by molar-refractivity contribution is 7.22. The van der Waals surface area contributed by atoms with Crippen molar-refractivity contribution in [1.29, 1.82) is 0 Å². The van der Waals surface area contributed by atoms with Crippen molar-refractivity contribution in [3.05, 3.63) is 47.5 Å². The maximum atomic E-state index is 13.3. The van der Waals surface area contributed by atoms with Gasteiger partial charge in [-0.25, -0.2) is 4.98 Å². The van der Waals surface area contributed by atoms with Gasteiger partial charge in [-0.05, 0) is 56.2 Å². The molecule has 33 heavy (non-hydrogen) atoms. The average Bonchev–Trinajstić information content (AvgIpc) is 3.28. The van der Waals surface area contributed by atoms with Gasteiger partial charge in [-0.15, -0.1) is 0 Å². The van der Waals surface area contributed by atoms with Crippen molar-refractivity contribution in [2.75, 3.05) is 55.7 Å². The number of amides is 1. The van der Waals surface area contributed by atoms with E-state index in [9.17, 15) is 4.79 Å². The molecule has 0 bridgehead atoms. The molecule has 1 atom stereocenters. The van der Waals surface area contributed by atoms with Crippen LogP contribution in [0.1, 0.15) is 19.8 Å². The Morgan fingerprint density at radius 2 is 1.97 bits per heavy atom. The van der Waals surface area contributed by atoms with Gasteiger partial charge >= 0.3 is 0 Å². The van der Waals surface area contributed by atoms with E-state index in [1.54, 1.807) is 11.3 Å². The first-order chi connectivity index (χ1) is 16.1. The van der Waals surface area contributed by atoms with Crippen LogP contribution in [0.4, 0.5) is 10.8 Å². The molecular weight excluding hydrogens is 456 g/mol. The number of carbonyl (C=O) groups excluding carboxylic acids is 1. The lowest BCUT2D eigenvalue weighted by Gasteiger charge is -2.39. The molecule has 2 fully saturated rings. The summed E-state index contributed by atoms with van der Waals surface area (Å²) < 4.78 is 6.76. The van der Waals surface area contributed by atoms with E-state index in [0.29, 0.717) is 6.61 Å². The second-order valence-electron chi connectivity index (χ2n) is 8.64. The van der Waals surface area contributed by atoms with Gasteiger partial charge in [0.05, 0.1) is 22.7 Å². The number of thiazole rings is 1. The quantitative estimate of drug-likeness (QED) is 0.514. The third kappa shape index (κ3) is 4.89. The molecule has 0 saturated carbocycles. The van der Waals surface area contributed by atoms with Crippen LogP contribution in [0.25, 0.3) is 10.2 Å². The van der Waals surface area contributed by atoms with E-state index in [-0.39, 0.29) is 11.8 Å². The highest BCUT2D eigenvalue weighted by Crippen LogP contribution is 2.34. The van der Waals surface area contributed by atoms with Crippen molar-refractivity contribution < 1.29 is 9.53 Å². The summed E-state index contributed by atoms with van der Waals surface area (Å²) in [5.74, 6) is 1.19. The lowest BCUT2D eigenvalue weighted by atomic mass is 9.96. The number of carbonyl (C=O) groups is 1. The number of anilines is 2. The Balaban J connectivity index is 1.22. The normalized spacial score (nSPS) is 19.2. The second kappa shape index (κ2) is 9.77. The van der Waals surface area contributed by atoms with Crippen LogP contribution in [-0.2, 0) is 4.79 Å². The average molecular weight is 485 g/mol. The summed E-state index contributed by atoms with van der Waals surface area (Å²) in [7, 11) is 0. The summed E-state index contributed by atoms with van der Waals surface area (Å²) in [4.78, 5) is 24.8. The Hall–Kier alpha value is -2.51. The fraction of sp³-hybridized carbons (Fsp3) is 0.440. The largest absolute Gasteiger partial charge is 0.494 e. The summed E-state index contributed by atoms with van der Waals surface area (Å²) in [5, 5.41) is 1.75. The molecule has 2 aliphatic heterocycles. The summed E-state index contributed by atoms with van der Waals surface area (Å²) in [6.07, 6.45) is 1.96. The summed E-state index contributed by atoms with van der Waals surface area (Å²) in [5.41, 5.74) is 2.12. The number of rotatable bonds is 5. The number of ether oxygens (including phenoxy) is 1. The van der Waals surface area contributed by atoms with Crippen LogP contribution in [-0.4, -0.2) is 61.7 Å². The minimum absolute atomic E-state index is 0.0301. The molecule has 0 aliphatic carbocycles. The maximum Gasteiger partial charge on any atom is 0.227 e. The number of benzene rings is 2. The number of fused-ring (bicyclic) bond motifs is 1. The molecule has 2 saturated heterocycles. The van der Waals surface area contributed by atoms with E-state index in [0.717, 1.165) is 83.9 Å². The highest BCUT2D eigenvalue weighted by Gasteiger charge is 2.32. The van der Waals surface area contributed by atoms with Gasteiger partial charge in [0.1, 0.15) is 5.75 Å². The molecule has 3 heterocycles. The van der Waals surface area contributed by atoms with E-state index < -0.39 is 0 Å². The Kier molecular flexibility index (Phi) is 6.60. The van der Waals surface area contributed by atoms with Crippen LogP contribution in [0.2, 0.25) is 5.02 Å². The lowest BCUT2D eigenvalue weighted by molar-refractivity contribution is -0.136. The van der Waals surface area contributed by atoms with Gasteiger partial charge in [-0.2, -0.15) is 0 Å². The van der Waals surface area contributed by atoms with Crippen LogP contribution >= 0.6 is 22.9 Å². The van der Waals surface area contributed by atoms with Crippen molar-refractivity contribution in [2.24, 2.45) is 5.92 Å². The van der Waals surface area contributed by atoms with E-state index in [1.807, 2.05) is 42.2 Å². The van der Waals surface area contributed by atoms with Crippen molar-refractivity contribution in [1.82, 2.24) is 9.88 Å². The topological polar surface area (TPSA) is 48.9 Å². The predicted octanol–water partition coefficient (Wildman–Crippen LogP) is 4.91.